The van der Waals surface area contributed by atoms with Crippen LogP contribution in [0.4, 0.5) is 4.39 Å². The maximum Gasteiger partial charge on any atom is 0.271 e. The molecule has 2 aromatic rings. The molecule has 0 spiro atoms. The van der Waals surface area contributed by atoms with Crippen LogP contribution in [0.3, 0.4) is 0 Å². The zero-order valence-corrected chi connectivity index (χ0v) is 11.6. The van der Waals surface area contributed by atoms with Crippen molar-refractivity contribution < 1.29 is 9.18 Å². The van der Waals surface area contributed by atoms with Gasteiger partial charge in [0.15, 0.2) is 0 Å². The molecular formula is C14H9Cl2FN2O. The third kappa shape index (κ3) is 3.56. The van der Waals surface area contributed by atoms with Crippen molar-refractivity contribution in [2.24, 2.45) is 5.10 Å². The van der Waals surface area contributed by atoms with Gasteiger partial charge in [0.05, 0.1) is 16.3 Å². The van der Waals surface area contributed by atoms with E-state index in [-0.39, 0.29) is 5.56 Å². The van der Waals surface area contributed by atoms with Crippen LogP contribution in [-0.4, -0.2) is 12.1 Å². The predicted molar refractivity (Wildman–Crippen MR) is 77.9 cm³/mol. The lowest BCUT2D eigenvalue weighted by Gasteiger charge is -2.01. The zero-order chi connectivity index (χ0) is 14.5. The first kappa shape index (κ1) is 14.5. The Balaban J connectivity index is 2.07. The summed E-state index contributed by atoms with van der Waals surface area (Å²) in [5.74, 6) is -1.00. The molecule has 3 nitrogen and oxygen atoms in total. The van der Waals surface area contributed by atoms with Crippen LogP contribution in [0.2, 0.25) is 10.0 Å². The second-order valence-electron chi connectivity index (χ2n) is 3.85. The van der Waals surface area contributed by atoms with Crippen molar-refractivity contribution in [1.82, 2.24) is 5.43 Å². The van der Waals surface area contributed by atoms with E-state index >= 15 is 0 Å². The lowest BCUT2D eigenvalue weighted by molar-refractivity contribution is 0.0954. The molecule has 20 heavy (non-hydrogen) atoms. The van der Waals surface area contributed by atoms with Gasteiger partial charge in [0.1, 0.15) is 5.82 Å². The van der Waals surface area contributed by atoms with Gasteiger partial charge in [-0.1, -0.05) is 41.4 Å². The Morgan fingerprint density at radius 1 is 1.20 bits per heavy atom. The van der Waals surface area contributed by atoms with E-state index in [9.17, 15) is 9.18 Å². The molecule has 1 N–H and O–H groups in total. The zero-order valence-electron chi connectivity index (χ0n) is 10.1. The summed E-state index contributed by atoms with van der Waals surface area (Å²) in [6.07, 6.45) is 1.37. The number of nitrogens with one attached hydrogen (secondary N) is 1. The van der Waals surface area contributed by atoms with Crippen molar-refractivity contribution in [1.29, 1.82) is 0 Å². The van der Waals surface area contributed by atoms with Crippen LogP contribution >= 0.6 is 23.2 Å². The average Bonchev–Trinajstić information content (AvgIpc) is 2.43. The lowest BCUT2D eigenvalue weighted by Crippen LogP contribution is -2.17. The highest BCUT2D eigenvalue weighted by Gasteiger charge is 2.05. The van der Waals surface area contributed by atoms with Crippen molar-refractivity contribution in [2.75, 3.05) is 0 Å². The highest BCUT2D eigenvalue weighted by molar-refractivity contribution is 6.43. The monoisotopic (exact) mass is 310 g/mol. The number of benzene rings is 2. The van der Waals surface area contributed by atoms with E-state index < -0.39 is 11.7 Å². The molecule has 0 heterocycles. The Bertz CT molecular complexity index is 674. The summed E-state index contributed by atoms with van der Waals surface area (Å²) in [4.78, 5) is 11.7. The number of hydrogen-bond donors (Lipinski definition) is 1. The van der Waals surface area contributed by atoms with E-state index in [1.165, 1.54) is 24.4 Å². The first-order chi connectivity index (χ1) is 9.58. The minimum atomic E-state index is -0.515. The quantitative estimate of drug-likeness (QED) is 0.678. The maximum absolute atomic E-state index is 13.0. The topological polar surface area (TPSA) is 41.5 Å². The van der Waals surface area contributed by atoms with Gasteiger partial charge in [-0.2, -0.15) is 5.10 Å². The number of carbonyl (C=O) groups is 1. The van der Waals surface area contributed by atoms with Crippen LogP contribution in [0.1, 0.15) is 15.9 Å². The maximum atomic E-state index is 13.0. The van der Waals surface area contributed by atoms with E-state index in [1.807, 2.05) is 0 Å². The first-order valence-corrected chi connectivity index (χ1v) is 6.36. The summed E-state index contributed by atoms with van der Waals surface area (Å²) in [6.45, 7) is 0. The Labute approximate surface area is 125 Å². The lowest BCUT2D eigenvalue weighted by atomic mass is 10.2. The highest BCUT2D eigenvalue weighted by atomic mass is 35.5. The summed E-state index contributed by atoms with van der Waals surface area (Å²) in [5, 5.41) is 4.50. The van der Waals surface area contributed by atoms with E-state index in [0.29, 0.717) is 15.6 Å². The fourth-order valence-corrected chi connectivity index (χ4v) is 1.83. The number of nitrogens with zero attached hydrogens (tertiary/aromatic N) is 1. The van der Waals surface area contributed by atoms with Crippen LogP contribution in [-0.2, 0) is 0 Å². The number of hydrogen-bond acceptors (Lipinski definition) is 2. The molecule has 0 bridgehead atoms. The van der Waals surface area contributed by atoms with E-state index in [1.54, 1.807) is 18.2 Å². The van der Waals surface area contributed by atoms with E-state index in [2.05, 4.69) is 10.5 Å². The minimum Gasteiger partial charge on any atom is -0.267 e. The normalized spacial score (nSPS) is 10.8. The summed E-state index contributed by atoms with van der Waals surface area (Å²) >= 11 is 11.8. The molecule has 1 amide bonds. The predicted octanol–water partition coefficient (Wildman–Crippen LogP) is 3.90. The summed E-state index contributed by atoms with van der Waals surface area (Å²) in [5.41, 5.74) is 3.03. The number of halogens is 3. The molecule has 0 fully saturated rings. The van der Waals surface area contributed by atoms with Gasteiger partial charge in [0, 0.05) is 11.1 Å². The van der Waals surface area contributed by atoms with Crippen molar-refractivity contribution in [2.45, 2.75) is 0 Å². The minimum absolute atomic E-state index is 0.180. The molecule has 0 unspecified atom stereocenters. The molecule has 0 radical (unpaired) electrons. The van der Waals surface area contributed by atoms with Crippen molar-refractivity contribution in [3.05, 3.63) is 69.5 Å². The van der Waals surface area contributed by atoms with Crippen LogP contribution in [0.25, 0.3) is 0 Å². The molecule has 2 aromatic carbocycles. The fourth-order valence-electron chi connectivity index (χ4n) is 1.47. The smallest absolute Gasteiger partial charge is 0.267 e. The summed E-state index contributed by atoms with van der Waals surface area (Å²) < 4.78 is 13.0. The summed E-state index contributed by atoms with van der Waals surface area (Å²) in [6, 6.07) is 10.4. The fraction of sp³-hybridized carbons (Fsp3) is 0. The standard InChI is InChI=1S/C14H9Cl2FN2O/c15-12-6-2-4-10(13(12)16)8-18-19-14(20)9-3-1-5-11(17)7-9/h1-8H,(H,19,20)/b18-8-. The molecule has 0 aromatic heterocycles. The highest BCUT2D eigenvalue weighted by Crippen LogP contribution is 2.24. The second-order valence-corrected chi connectivity index (χ2v) is 4.64. The SMILES string of the molecule is O=C(N/N=C\c1cccc(Cl)c1Cl)c1cccc(F)c1. The van der Waals surface area contributed by atoms with Gasteiger partial charge in [0.25, 0.3) is 5.91 Å². The number of rotatable bonds is 3. The van der Waals surface area contributed by atoms with Gasteiger partial charge in [-0.15, -0.1) is 0 Å². The van der Waals surface area contributed by atoms with Gasteiger partial charge < -0.3 is 0 Å². The molecule has 2 rings (SSSR count). The molecule has 0 atom stereocenters. The number of hydrazone groups is 1. The largest absolute Gasteiger partial charge is 0.271 e. The van der Waals surface area contributed by atoms with Crippen LogP contribution < -0.4 is 5.43 Å². The van der Waals surface area contributed by atoms with Gasteiger partial charge in [-0.25, -0.2) is 9.82 Å². The molecule has 6 heteroatoms. The van der Waals surface area contributed by atoms with Crippen molar-refractivity contribution >= 4 is 35.3 Å². The van der Waals surface area contributed by atoms with Crippen molar-refractivity contribution in [3.63, 3.8) is 0 Å². The Morgan fingerprint density at radius 2 is 1.95 bits per heavy atom. The van der Waals surface area contributed by atoms with E-state index in [4.69, 9.17) is 23.2 Å². The van der Waals surface area contributed by atoms with Crippen LogP contribution in [0.5, 0.6) is 0 Å². The molecule has 0 saturated carbocycles. The van der Waals surface area contributed by atoms with Gasteiger partial charge >= 0.3 is 0 Å². The van der Waals surface area contributed by atoms with Gasteiger partial charge in [0.2, 0.25) is 0 Å². The first-order valence-electron chi connectivity index (χ1n) is 5.61. The molecule has 0 aliphatic heterocycles. The molecule has 102 valence electrons. The average molecular weight is 311 g/mol. The Hall–Kier alpha value is -1.91. The van der Waals surface area contributed by atoms with Crippen LogP contribution in [0, 0.1) is 5.82 Å². The Morgan fingerprint density at radius 3 is 2.70 bits per heavy atom. The molecule has 0 aliphatic carbocycles. The second kappa shape index (κ2) is 6.50. The molecule has 0 saturated heterocycles. The molecule has 0 aliphatic rings. The van der Waals surface area contributed by atoms with Crippen LogP contribution in [0.15, 0.2) is 47.6 Å². The summed E-state index contributed by atoms with van der Waals surface area (Å²) in [7, 11) is 0. The van der Waals surface area contributed by atoms with Gasteiger partial charge in [-0.05, 0) is 24.3 Å². The van der Waals surface area contributed by atoms with E-state index in [0.717, 1.165) is 6.07 Å². The Kier molecular flexibility index (Phi) is 4.71. The van der Waals surface area contributed by atoms with Gasteiger partial charge in [-0.3, -0.25) is 4.79 Å². The number of amides is 1. The molecular weight excluding hydrogens is 302 g/mol. The van der Waals surface area contributed by atoms with Crippen molar-refractivity contribution in [3.8, 4) is 0 Å². The number of carbonyl (C=O) groups excluding carboxylic acids is 1. The third-order valence-electron chi connectivity index (χ3n) is 2.44. The third-order valence-corrected chi connectivity index (χ3v) is 3.27.